The molecule has 2 aromatic rings. The lowest BCUT2D eigenvalue weighted by atomic mass is 10.1. The van der Waals surface area contributed by atoms with Crippen LogP contribution in [0.2, 0.25) is 0 Å². The van der Waals surface area contributed by atoms with E-state index in [0.717, 1.165) is 0 Å². The smallest absolute Gasteiger partial charge is 0.382 e. The van der Waals surface area contributed by atoms with Crippen molar-refractivity contribution in [1.82, 2.24) is 19.5 Å². The molecule has 0 spiro atoms. The van der Waals surface area contributed by atoms with Crippen LogP contribution < -0.4 is 5.73 Å². The quantitative estimate of drug-likeness (QED) is 0.705. The predicted molar refractivity (Wildman–Crippen MR) is 75.1 cm³/mol. The molecule has 2 aromatic heterocycles. The lowest BCUT2D eigenvalue weighted by molar-refractivity contribution is -0.0667. The minimum atomic E-state index is -4.10. The minimum Gasteiger partial charge on any atom is -0.382 e. The third-order valence-electron chi connectivity index (χ3n) is 3.88. The molecule has 11 nitrogen and oxygen atoms in total. The summed E-state index contributed by atoms with van der Waals surface area (Å²) >= 11 is 0. The molecule has 23 heavy (non-hydrogen) atoms. The highest BCUT2D eigenvalue weighted by Gasteiger charge is 2.53. The van der Waals surface area contributed by atoms with Crippen LogP contribution in [-0.4, -0.2) is 56.4 Å². The van der Waals surface area contributed by atoms with Crippen LogP contribution in [0.4, 0.5) is 5.82 Å². The average molecular weight is 343 g/mol. The molecule has 2 saturated heterocycles. The maximum absolute atomic E-state index is 11.6. The van der Waals surface area contributed by atoms with Crippen LogP contribution in [-0.2, 0) is 23.1 Å². The van der Waals surface area contributed by atoms with Crippen molar-refractivity contribution in [2.24, 2.45) is 0 Å². The van der Waals surface area contributed by atoms with Crippen LogP contribution in [0.3, 0.4) is 0 Å². The van der Waals surface area contributed by atoms with Crippen LogP contribution in [0.15, 0.2) is 12.7 Å². The number of rotatable bonds is 2. The van der Waals surface area contributed by atoms with Gasteiger partial charge in [0.15, 0.2) is 17.7 Å². The fourth-order valence-corrected chi connectivity index (χ4v) is 3.81. The van der Waals surface area contributed by atoms with E-state index in [1.807, 2.05) is 0 Å². The third kappa shape index (κ3) is 2.33. The molecule has 12 heteroatoms. The van der Waals surface area contributed by atoms with Gasteiger partial charge in [0.2, 0.25) is 0 Å². The van der Waals surface area contributed by atoms with Crippen molar-refractivity contribution >= 4 is 24.8 Å². The van der Waals surface area contributed by atoms with E-state index in [0.29, 0.717) is 11.2 Å². The number of nitrogen functional groups attached to an aromatic ring is 1. The van der Waals surface area contributed by atoms with E-state index >= 15 is 0 Å². The first-order valence-corrected chi connectivity index (χ1v) is 8.27. The first kappa shape index (κ1) is 14.9. The highest BCUT2D eigenvalue weighted by Crippen LogP contribution is 2.53. The van der Waals surface area contributed by atoms with Gasteiger partial charge in [-0.25, -0.2) is 19.5 Å². The van der Waals surface area contributed by atoms with E-state index in [1.165, 1.54) is 19.8 Å². The lowest BCUT2D eigenvalue weighted by Crippen LogP contribution is -2.40. The molecule has 0 bridgehead atoms. The molecule has 2 fully saturated rings. The lowest BCUT2D eigenvalue weighted by Gasteiger charge is -2.29. The highest BCUT2D eigenvalue weighted by atomic mass is 31.2. The van der Waals surface area contributed by atoms with Gasteiger partial charge in [0.25, 0.3) is 0 Å². The SMILES string of the molecule is CO[C@@H]1[C@@H]2OP(=O)(O)OC[C@H]2O[C@H]1n1cnc2c(N)ncnc21. The van der Waals surface area contributed by atoms with E-state index in [2.05, 4.69) is 15.0 Å². The molecule has 2 aliphatic rings. The van der Waals surface area contributed by atoms with Gasteiger partial charge in [-0.3, -0.25) is 13.6 Å². The first-order chi connectivity index (χ1) is 11.0. The Kier molecular flexibility index (Phi) is 3.38. The van der Waals surface area contributed by atoms with Gasteiger partial charge >= 0.3 is 7.82 Å². The summed E-state index contributed by atoms with van der Waals surface area (Å²) in [6, 6.07) is 0. The molecular formula is C11H14N5O6P. The number of hydrogen-bond acceptors (Lipinski definition) is 9. The summed E-state index contributed by atoms with van der Waals surface area (Å²) in [5, 5.41) is 0. The molecule has 0 amide bonds. The molecule has 3 N–H and O–H groups in total. The summed E-state index contributed by atoms with van der Waals surface area (Å²) in [6.07, 6.45) is 0.237. The second kappa shape index (κ2) is 5.20. The standard InChI is InChI=1S/C11H14N5O6P/c1-19-8-7-5(2-20-23(17,18)22-7)21-11(8)16-4-15-6-9(12)13-3-14-10(6)16/h3-5,7-8,11H,2H2,1H3,(H,17,18)(H2,12,13,14)/t5-,7-,8-,11-/m1/s1. The average Bonchev–Trinajstić information content (AvgIpc) is 3.07. The first-order valence-electron chi connectivity index (χ1n) is 6.77. The number of imidazole rings is 1. The molecule has 1 unspecified atom stereocenters. The monoisotopic (exact) mass is 343 g/mol. The summed E-state index contributed by atoms with van der Waals surface area (Å²) in [6.45, 7) is -0.0709. The molecule has 0 saturated carbocycles. The normalized spacial score (nSPS) is 37.1. The van der Waals surface area contributed by atoms with Gasteiger partial charge in [-0.15, -0.1) is 0 Å². The van der Waals surface area contributed by atoms with Gasteiger partial charge in [-0.2, -0.15) is 0 Å². The van der Waals surface area contributed by atoms with Crippen molar-refractivity contribution in [3.63, 3.8) is 0 Å². The zero-order chi connectivity index (χ0) is 16.2. The number of nitrogens with zero attached hydrogens (tertiary/aromatic N) is 4. The minimum absolute atomic E-state index is 0.0709. The van der Waals surface area contributed by atoms with Crippen molar-refractivity contribution in [3.05, 3.63) is 12.7 Å². The zero-order valence-electron chi connectivity index (χ0n) is 12.0. The fourth-order valence-electron chi connectivity index (χ4n) is 2.85. The zero-order valence-corrected chi connectivity index (χ0v) is 12.9. The van der Waals surface area contributed by atoms with Gasteiger partial charge in [-0.05, 0) is 0 Å². The van der Waals surface area contributed by atoms with E-state index in [-0.39, 0.29) is 12.4 Å². The number of aromatic nitrogens is 4. The van der Waals surface area contributed by atoms with E-state index < -0.39 is 32.4 Å². The van der Waals surface area contributed by atoms with Crippen LogP contribution >= 0.6 is 7.82 Å². The molecule has 0 aromatic carbocycles. The Morgan fingerprint density at radius 1 is 1.48 bits per heavy atom. The second-order valence-corrected chi connectivity index (χ2v) is 6.59. The number of phosphoric acid groups is 1. The van der Waals surface area contributed by atoms with Crippen molar-refractivity contribution in [2.75, 3.05) is 19.5 Å². The number of nitrogens with two attached hydrogens (primary N) is 1. The van der Waals surface area contributed by atoms with E-state index in [9.17, 15) is 9.46 Å². The number of methoxy groups -OCH3 is 1. The highest BCUT2D eigenvalue weighted by molar-refractivity contribution is 7.47. The Morgan fingerprint density at radius 2 is 2.30 bits per heavy atom. The van der Waals surface area contributed by atoms with Gasteiger partial charge in [-0.1, -0.05) is 0 Å². The van der Waals surface area contributed by atoms with Crippen molar-refractivity contribution in [1.29, 1.82) is 0 Å². The Morgan fingerprint density at radius 3 is 3.09 bits per heavy atom. The van der Waals surface area contributed by atoms with Crippen LogP contribution in [0.25, 0.3) is 11.2 Å². The number of hydrogen-bond donors (Lipinski definition) is 2. The third-order valence-corrected chi connectivity index (χ3v) is 4.86. The fraction of sp³-hybridized carbons (Fsp3) is 0.545. The second-order valence-electron chi connectivity index (χ2n) is 5.18. The van der Waals surface area contributed by atoms with Crippen LogP contribution in [0, 0.1) is 0 Å². The number of anilines is 1. The van der Waals surface area contributed by atoms with Gasteiger partial charge in [0.05, 0.1) is 12.9 Å². The van der Waals surface area contributed by atoms with Gasteiger partial charge < -0.3 is 20.1 Å². The van der Waals surface area contributed by atoms with Gasteiger partial charge in [0.1, 0.15) is 30.2 Å². The predicted octanol–water partition coefficient (Wildman–Crippen LogP) is -0.163. The Hall–Kier alpha value is -1.62. The summed E-state index contributed by atoms with van der Waals surface area (Å²) in [5.74, 6) is 0.248. The Labute approximate surface area is 130 Å². The molecule has 4 rings (SSSR count). The topological polar surface area (TPSA) is 144 Å². The Bertz CT molecular complexity index is 798. The van der Waals surface area contributed by atoms with Crippen molar-refractivity contribution in [2.45, 2.75) is 24.5 Å². The summed E-state index contributed by atoms with van der Waals surface area (Å²) < 4.78 is 34.5. The summed E-state index contributed by atoms with van der Waals surface area (Å²) in [7, 11) is -2.63. The maximum atomic E-state index is 11.6. The summed E-state index contributed by atoms with van der Waals surface area (Å²) in [5.41, 5.74) is 6.68. The van der Waals surface area contributed by atoms with Crippen molar-refractivity contribution < 1.29 is 28.0 Å². The van der Waals surface area contributed by atoms with Crippen LogP contribution in [0.1, 0.15) is 6.23 Å². The van der Waals surface area contributed by atoms with E-state index in [4.69, 9.17) is 24.3 Å². The van der Waals surface area contributed by atoms with Gasteiger partial charge in [0, 0.05) is 7.11 Å². The molecule has 2 aliphatic heterocycles. The molecular weight excluding hydrogens is 329 g/mol. The van der Waals surface area contributed by atoms with E-state index in [1.54, 1.807) is 4.57 Å². The van der Waals surface area contributed by atoms with Crippen molar-refractivity contribution in [3.8, 4) is 0 Å². The number of fused-ring (bicyclic) bond motifs is 2. The number of ether oxygens (including phenoxy) is 2. The molecule has 0 radical (unpaired) electrons. The largest absolute Gasteiger partial charge is 0.472 e. The molecule has 5 atom stereocenters. The molecule has 0 aliphatic carbocycles. The molecule has 4 heterocycles. The number of phosphoric ester groups is 1. The van der Waals surface area contributed by atoms with Crippen LogP contribution in [0.5, 0.6) is 0 Å². The Balaban J connectivity index is 1.74. The summed E-state index contributed by atoms with van der Waals surface area (Å²) in [4.78, 5) is 21.7. The maximum Gasteiger partial charge on any atom is 0.472 e. The molecule has 124 valence electrons.